The van der Waals surface area contributed by atoms with Gasteiger partial charge in [0.1, 0.15) is 18.0 Å². The predicted octanol–water partition coefficient (Wildman–Crippen LogP) is 4.86. The van der Waals surface area contributed by atoms with Crippen molar-refractivity contribution in [3.8, 4) is 0 Å². The maximum Gasteiger partial charge on any atom is 0.342 e. The van der Waals surface area contributed by atoms with Crippen molar-refractivity contribution in [3.05, 3.63) is 75.7 Å². The third kappa shape index (κ3) is 5.14. The van der Waals surface area contributed by atoms with Crippen LogP contribution < -0.4 is 10.2 Å². The van der Waals surface area contributed by atoms with Crippen LogP contribution in [0.1, 0.15) is 50.5 Å². The number of para-hydroxylation sites is 1. The van der Waals surface area contributed by atoms with E-state index in [-0.39, 0.29) is 17.5 Å². The average molecular weight is 488 g/mol. The van der Waals surface area contributed by atoms with Crippen LogP contribution in [0.15, 0.2) is 54.6 Å². The number of esters is 1. The second kappa shape index (κ2) is 10.2. The van der Waals surface area contributed by atoms with E-state index >= 15 is 0 Å². The quantitative estimate of drug-likeness (QED) is 0.372. The first-order valence-corrected chi connectivity index (χ1v) is 12.5. The summed E-state index contributed by atoms with van der Waals surface area (Å²) in [6.07, 6.45) is 3.07. The SMILES string of the molecule is CCc1ccc(NC(=O)c2nnc(COC(=O)c3cc4ccccc4nc3N3CCCC3)s2)cc1. The first kappa shape index (κ1) is 22.9. The van der Waals surface area contributed by atoms with E-state index in [1.54, 1.807) is 0 Å². The molecule has 0 saturated carbocycles. The van der Waals surface area contributed by atoms with Crippen LogP contribution in [0.5, 0.6) is 0 Å². The molecule has 0 spiro atoms. The molecule has 8 nitrogen and oxygen atoms in total. The minimum absolute atomic E-state index is 0.0682. The number of anilines is 2. The van der Waals surface area contributed by atoms with Crippen LogP contribution in [0, 0.1) is 0 Å². The molecule has 35 heavy (non-hydrogen) atoms. The highest BCUT2D eigenvalue weighted by atomic mass is 32.1. The van der Waals surface area contributed by atoms with E-state index in [0.717, 1.165) is 54.6 Å². The Morgan fingerprint density at radius 1 is 1.06 bits per heavy atom. The fourth-order valence-corrected chi connectivity index (χ4v) is 4.69. The Morgan fingerprint density at radius 3 is 2.60 bits per heavy atom. The number of aryl methyl sites for hydroxylation is 1. The number of carbonyl (C=O) groups excluding carboxylic acids is 2. The van der Waals surface area contributed by atoms with Crippen LogP contribution in [0.4, 0.5) is 11.5 Å². The summed E-state index contributed by atoms with van der Waals surface area (Å²) in [4.78, 5) is 32.5. The second-order valence-corrected chi connectivity index (χ2v) is 9.39. The molecular weight excluding hydrogens is 462 g/mol. The van der Waals surface area contributed by atoms with E-state index in [0.29, 0.717) is 22.1 Å². The van der Waals surface area contributed by atoms with Crippen LogP contribution in [-0.4, -0.2) is 40.1 Å². The van der Waals surface area contributed by atoms with Crippen molar-refractivity contribution in [1.29, 1.82) is 0 Å². The van der Waals surface area contributed by atoms with Crippen molar-refractivity contribution >= 4 is 45.6 Å². The van der Waals surface area contributed by atoms with Crippen LogP contribution >= 0.6 is 11.3 Å². The van der Waals surface area contributed by atoms with Gasteiger partial charge >= 0.3 is 5.97 Å². The summed E-state index contributed by atoms with van der Waals surface area (Å²) in [5.74, 6) is -0.167. The maximum absolute atomic E-state index is 13.1. The van der Waals surface area contributed by atoms with E-state index in [2.05, 4.69) is 27.3 Å². The van der Waals surface area contributed by atoms with Gasteiger partial charge in [0.2, 0.25) is 5.01 Å². The molecule has 2 aromatic carbocycles. The average Bonchev–Trinajstić information content (AvgIpc) is 3.60. The second-order valence-electron chi connectivity index (χ2n) is 8.33. The standard InChI is InChI=1S/C26H25N5O3S/c1-2-17-9-11-19(12-10-17)27-24(32)25-30-29-22(35-25)16-34-26(33)20-15-18-7-3-4-8-21(18)28-23(20)31-13-5-6-14-31/h3-4,7-12,15H,2,5-6,13-14,16H2,1H3,(H,27,32). The third-order valence-corrected chi connectivity index (χ3v) is 6.83. The van der Waals surface area contributed by atoms with Crippen molar-refractivity contribution in [2.45, 2.75) is 32.8 Å². The Labute approximate surface area is 207 Å². The highest BCUT2D eigenvalue weighted by Gasteiger charge is 2.23. The van der Waals surface area contributed by atoms with E-state index in [9.17, 15) is 9.59 Å². The molecule has 0 aliphatic carbocycles. The molecule has 3 heterocycles. The third-order valence-electron chi connectivity index (χ3n) is 5.94. The minimum Gasteiger partial charge on any atom is -0.455 e. The molecule has 5 rings (SSSR count). The van der Waals surface area contributed by atoms with Gasteiger partial charge in [-0.3, -0.25) is 4.79 Å². The molecule has 1 N–H and O–H groups in total. The van der Waals surface area contributed by atoms with E-state index in [1.807, 2.05) is 54.6 Å². The van der Waals surface area contributed by atoms with Gasteiger partial charge in [0.15, 0.2) is 5.01 Å². The van der Waals surface area contributed by atoms with Crippen LogP contribution in [0.25, 0.3) is 10.9 Å². The summed E-state index contributed by atoms with van der Waals surface area (Å²) in [6, 6.07) is 17.2. The zero-order valence-corrected chi connectivity index (χ0v) is 20.2. The monoisotopic (exact) mass is 487 g/mol. The lowest BCUT2D eigenvalue weighted by atomic mass is 10.1. The van der Waals surface area contributed by atoms with Gasteiger partial charge in [-0.2, -0.15) is 0 Å². The van der Waals surface area contributed by atoms with Gasteiger partial charge in [-0.15, -0.1) is 10.2 Å². The zero-order chi connectivity index (χ0) is 24.2. The molecule has 2 aromatic heterocycles. The Hall–Kier alpha value is -3.85. The minimum atomic E-state index is -0.470. The molecular formula is C26H25N5O3S. The van der Waals surface area contributed by atoms with Gasteiger partial charge in [0.25, 0.3) is 5.91 Å². The number of aromatic nitrogens is 3. The molecule has 0 atom stereocenters. The smallest absolute Gasteiger partial charge is 0.342 e. The molecule has 0 bridgehead atoms. The summed E-state index contributed by atoms with van der Waals surface area (Å²) in [5.41, 5.74) is 3.16. The molecule has 1 fully saturated rings. The molecule has 1 amide bonds. The number of nitrogens with zero attached hydrogens (tertiary/aromatic N) is 4. The molecule has 0 radical (unpaired) electrons. The van der Waals surface area contributed by atoms with Crippen molar-refractivity contribution in [2.75, 3.05) is 23.3 Å². The van der Waals surface area contributed by atoms with Crippen LogP contribution in [0.3, 0.4) is 0 Å². The number of carbonyl (C=O) groups is 2. The topological polar surface area (TPSA) is 97.3 Å². The number of hydrogen-bond donors (Lipinski definition) is 1. The van der Waals surface area contributed by atoms with E-state index in [1.165, 1.54) is 5.56 Å². The number of rotatable bonds is 7. The summed E-state index contributed by atoms with van der Waals surface area (Å²) in [6.45, 7) is 3.73. The number of nitrogens with one attached hydrogen (secondary N) is 1. The molecule has 1 aliphatic rings. The molecule has 1 aliphatic heterocycles. The fourth-order valence-electron chi connectivity index (χ4n) is 4.04. The number of pyridine rings is 1. The number of benzene rings is 2. The summed E-state index contributed by atoms with van der Waals surface area (Å²) < 4.78 is 5.57. The summed E-state index contributed by atoms with van der Waals surface area (Å²) in [7, 11) is 0. The molecule has 0 unspecified atom stereocenters. The first-order valence-electron chi connectivity index (χ1n) is 11.7. The fraction of sp³-hybridized carbons (Fsp3) is 0.269. The van der Waals surface area contributed by atoms with Gasteiger partial charge in [0.05, 0.1) is 5.52 Å². The Morgan fingerprint density at radius 2 is 1.83 bits per heavy atom. The summed E-state index contributed by atoms with van der Waals surface area (Å²) >= 11 is 1.10. The number of amides is 1. The van der Waals surface area contributed by atoms with Gasteiger partial charge in [-0.25, -0.2) is 9.78 Å². The first-order chi connectivity index (χ1) is 17.1. The number of hydrogen-bond acceptors (Lipinski definition) is 8. The lowest BCUT2D eigenvalue weighted by Gasteiger charge is -2.20. The molecule has 1 saturated heterocycles. The normalized spacial score (nSPS) is 13.2. The van der Waals surface area contributed by atoms with Crippen molar-refractivity contribution in [3.63, 3.8) is 0 Å². The van der Waals surface area contributed by atoms with Crippen LogP contribution in [-0.2, 0) is 17.8 Å². The maximum atomic E-state index is 13.1. The Kier molecular flexibility index (Phi) is 6.67. The zero-order valence-electron chi connectivity index (χ0n) is 19.4. The van der Waals surface area contributed by atoms with Gasteiger partial charge in [0, 0.05) is 24.2 Å². The lowest BCUT2D eigenvalue weighted by Crippen LogP contribution is -2.22. The highest BCUT2D eigenvalue weighted by molar-refractivity contribution is 7.13. The van der Waals surface area contributed by atoms with Gasteiger partial charge in [-0.1, -0.05) is 48.6 Å². The number of ether oxygens (including phenoxy) is 1. The Balaban J connectivity index is 1.27. The highest BCUT2D eigenvalue weighted by Crippen LogP contribution is 2.27. The van der Waals surface area contributed by atoms with Gasteiger partial charge in [-0.05, 0) is 49.1 Å². The lowest BCUT2D eigenvalue weighted by molar-refractivity contribution is 0.0472. The van der Waals surface area contributed by atoms with Crippen molar-refractivity contribution in [2.24, 2.45) is 0 Å². The summed E-state index contributed by atoms with van der Waals surface area (Å²) in [5, 5.41) is 12.3. The van der Waals surface area contributed by atoms with Crippen molar-refractivity contribution in [1.82, 2.24) is 15.2 Å². The van der Waals surface area contributed by atoms with Crippen molar-refractivity contribution < 1.29 is 14.3 Å². The predicted molar refractivity (Wildman–Crippen MR) is 136 cm³/mol. The number of fused-ring (bicyclic) bond motifs is 1. The van der Waals surface area contributed by atoms with Crippen LogP contribution in [0.2, 0.25) is 0 Å². The van der Waals surface area contributed by atoms with E-state index < -0.39 is 5.97 Å². The largest absolute Gasteiger partial charge is 0.455 e. The molecule has 9 heteroatoms. The molecule has 178 valence electrons. The Bertz CT molecular complexity index is 1360. The van der Waals surface area contributed by atoms with Gasteiger partial charge < -0.3 is 15.0 Å². The molecule has 4 aromatic rings. The van der Waals surface area contributed by atoms with E-state index in [4.69, 9.17) is 9.72 Å².